The summed E-state index contributed by atoms with van der Waals surface area (Å²) in [5, 5.41) is 2.14. The Labute approximate surface area is 131 Å². The third-order valence-electron chi connectivity index (χ3n) is 3.41. The van der Waals surface area contributed by atoms with Gasteiger partial charge in [0.2, 0.25) is 0 Å². The molecule has 1 saturated carbocycles. The number of benzene rings is 1. The van der Waals surface area contributed by atoms with Gasteiger partial charge in [-0.05, 0) is 25.0 Å². The average Bonchev–Trinajstić information content (AvgIpc) is 3.19. The highest BCUT2D eigenvalue weighted by atomic mass is 32.2. The lowest BCUT2D eigenvalue weighted by molar-refractivity contribution is 0.0174. The van der Waals surface area contributed by atoms with Crippen LogP contribution in [0.3, 0.4) is 0 Å². The first-order valence-corrected chi connectivity index (χ1v) is 9.08. The summed E-state index contributed by atoms with van der Waals surface area (Å²) in [7, 11) is -3.81. The third kappa shape index (κ3) is 3.27. The smallest absolute Gasteiger partial charge is 0.255 e. The third-order valence-corrected chi connectivity index (χ3v) is 5.67. The number of anilines is 1. The fraction of sp³-hybridized carbons (Fsp3) is 0.357. The van der Waals surface area contributed by atoms with Crippen LogP contribution in [-0.2, 0) is 15.9 Å². The molecule has 8 heteroatoms. The number of nitrogens with zero attached hydrogens (tertiary/aromatic N) is 1. The number of nitrogens with one attached hydrogen (secondary N) is 1. The summed E-state index contributed by atoms with van der Waals surface area (Å²) in [5.41, 5.74) is 0.681. The predicted molar refractivity (Wildman–Crippen MR) is 80.9 cm³/mol. The van der Waals surface area contributed by atoms with E-state index in [0.717, 1.165) is 37.6 Å². The molecule has 0 saturated heterocycles. The van der Waals surface area contributed by atoms with E-state index in [1.807, 2.05) is 5.38 Å². The maximum absolute atomic E-state index is 13.1. The Morgan fingerprint density at radius 2 is 1.91 bits per heavy atom. The van der Waals surface area contributed by atoms with Crippen LogP contribution in [0.5, 0.6) is 0 Å². The van der Waals surface area contributed by atoms with E-state index in [-0.39, 0.29) is 10.5 Å². The normalized spacial score (nSPS) is 15.8. The number of thiazole rings is 1. The fourth-order valence-electron chi connectivity index (χ4n) is 2.00. The van der Waals surface area contributed by atoms with Crippen molar-refractivity contribution < 1.29 is 17.2 Å². The van der Waals surface area contributed by atoms with Gasteiger partial charge in [0.15, 0.2) is 5.13 Å². The van der Waals surface area contributed by atoms with E-state index >= 15 is 0 Å². The zero-order chi connectivity index (χ0) is 16.0. The van der Waals surface area contributed by atoms with Crippen molar-refractivity contribution in [2.24, 2.45) is 0 Å². The van der Waals surface area contributed by atoms with Crippen molar-refractivity contribution in [1.29, 1.82) is 0 Å². The Morgan fingerprint density at radius 3 is 2.45 bits per heavy atom. The maximum Gasteiger partial charge on any atom is 0.270 e. The molecule has 1 fully saturated rings. The molecule has 0 unspecified atom stereocenters. The van der Waals surface area contributed by atoms with Gasteiger partial charge in [-0.25, -0.2) is 22.2 Å². The van der Waals surface area contributed by atoms with Crippen LogP contribution in [0.4, 0.5) is 13.9 Å². The summed E-state index contributed by atoms with van der Waals surface area (Å²) in [4.78, 5) is 4.18. The Kier molecular flexibility index (Phi) is 3.68. The molecule has 1 aromatic heterocycles. The monoisotopic (exact) mass is 344 g/mol. The second-order valence-corrected chi connectivity index (χ2v) is 7.91. The number of hydrogen-bond donors (Lipinski definition) is 1. The van der Waals surface area contributed by atoms with Crippen molar-refractivity contribution in [1.82, 2.24) is 4.98 Å². The van der Waals surface area contributed by atoms with E-state index in [1.165, 1.54) is 23.5 Å². The average molecular weight is 344 g/mol. The lowest BCUT2D eigenvalue weighted by atomic mass is 10.1. The number of hydrogen-bond acceptors (Lipinski definition) is 4. The van der Waals surface area contributed by atoms with Gasteiger partial charge in [-0.15, -0.1) is 11.3 Å². The highest BCUT2D eigenvalue weighted by Gasteiger charge is 2.27. The van der Waals surface area contributed by atoms with Crippen LogP contribution >= 0.6 is 11.3 Å². The van der Waals surface area contributed by atoms with E-state index in [4.69, 9.17) is 0 Å². The largest absolute Gasteiger partial charge is 0.270 e. The van der Waals surface area contributed by atoms with E-state index < -0.39 is 15.9 Å². The topological polar surface area (TPSA) is 59.1 Å². The van der Waals surface area contributed by atoms with Crippen LogP contribution in [-0.4, -0.2) is 13.4 Å². The zero-order valence-corrected chi connectivity index (χ0v) is 13.3. The van der Waals surface area contributed by atoms with Gasteiger partial charge in [-0.1, -0.05) is 12.1 Å². The van der Waals surface area contributed by atoms with Gasteiger partial charge in [0.1, 0.15) is 0 Å². The van der Waals surface area contributed by atoms with Crippen LogP contribution in [0.15, 0.2) is 34.5 Å². The lowest BCUT2D eigenvalue weighted by Gasteiger charge is -2.11. The van der Waals surface area contributed by atoms with Gasteiger partial charge in [-0.3, -0.25) is 4.72 Å². The molecule has 0 radical (unpaired) electrons. The second-order valence-electron chi connectivity index (χ2n) is 5.37. The molecule has 1 aromatic carbocycles. The summed E-state index contributed by atoms with van der Waals surface area (Å²) in [6.07, 6.45) is 2.17. The SMILES string of the molecule is CC(F)(F)c1ccc(S(=O)(=O)Nc2nc(C3CC3)cs2)cc1. The van der Waals surface area contributed by atoms with Crippen LogP contribution in [0, 0.1) is 0 Å². The van der Waals surface area contributed by atoms with E-state index in [9.17, 15) is 17.2 Å². The van der Waals surface area contributed by atoms with Crippen molar-refractivity contribution in [3.63, 3.8) is 0 Å². The first kappa shape index (κ1) is 15.4. The summed E-state index contributed by atoms with van der Waals surface area (Å²) in [6, 6.07) is 4.58. The first-order chi connectivity index (χ1) is 10.3. The minimum absolute atomic E-state index is 0.0660. The van der Waals surface area contributed by atoms with Crippen LogP contribution in [0.25, 0.3) is 0 Å². The van der Waals surface area contributed by atoms with Gasteiger partial charge in [0, 0.05) is 23.8 Å². The predicted octanol–water partition coefficient (Wildman–Crippen LogP) is 3.93. The minimum Gasteiger partial charge on any atom is -0.255 e. The lowest BCUT2D eigenvalue weighted by Crippen LogP contribution is -2.14. The van der Waals surface area contributed by atoms with Crippen molar-refractivity contribution in [2.45, 2.75) is 36.5 Å². The molecule has 0 atom stereocenters. The van der Waals surface area contributed by atoms with E-state index in [2.05, 4.69) is 9.71 Å². The van der Waals surface area contributed by atoms with Gasteiger partial charge in [0.05, 0.1) is 10.6 Å². The van der Waals surface area contributed by atoms with Crippen molar-refractivity contribution in [2.75, 3.05) is 4.72 Å². The Balaban J connectivity index is 1.79. The maximum atomic E-state index is 13.1. The molecule has 1 heterocycles. The first-order valence-electron chi connectivity index (χ1n) is 6.72. The molecule has 1 aliphatic carbocycles. The molecule has 4 nitrogen and oxygen atoms in total. The summed E-state index contributed by atoms with van der Waals surface area (Å²) >= 11 is 1.23. The van der Waals surface area contributed by atoms with Crippen molar-refractivity contribution >= 4 is 26.5 Å². The van der Waals surface area contributed by atoms with Crippen molar-refractivity contribution in [3.05, 3.63) is 40.9 Å². The van der Waals surface area contributed by atoms with Gasteiger partial charge >= 0.3 is 0 Å². The number of sulfonamides is 1. The molecule has 0 amide bonds. The molecule has 3 rings (SSSR count). The highest BCUT2D eigenvalue weighted by molar-refractivity contribution is 7.93. The van der Waals surface area contributed by atoms with Gasteiger partial charge < -0.3 is 0 Å². The molecule has 1 N–H and O–H groups in total. The molecule has 0 aliphatic heterocycles. The number of rotatable bonds is 5. The summed E-state index contributed by atoms with van der Waals surface area (Å²) in [6.45, 7) is 0.768. The zero-order valence-electron chi connectivity index (χ0n) is 11.7. The summed E-state index contributed by atoms with van der Waals surface area (Å²) < 4.78 is 53.1. The van der Waals surface area contributed by atoms with Crippen molar-refractivity contribution in [3.8, 4) is 0 Å². The Morgan fingerprint density at radius 1 is 1.27 bits per heavy atom. The quantitative estimate of drug-likeness (QED) is 0.894. The fourth-order valence-corrected chi connectivity index (χ4v) is 4.05. The number of aromatic nitrogens is 1. The Hall–Kier alpha value is -1.54. The van der Waals surface area contributed by atoms with Crippen LogP contribution < -0.4 is 4.72 Å². The van der Waals surface area contributed by atoms with E-state index in [0.29, 0.717) is 11.0 Å². The summed E-state index contributed by atoms with van der Waals surface area (Å²) in [5.74, 6) is -2.55. The van der Waals surface area contributed by atoms with E-state index in [1.54, 1.807) is 0 Å². The highest BCUT2D eigenvalue weighted by Crippen LogP contribution is 2.41. The molecule has 2 aromatic rings. The minimum atomic E-state index is -3.81. The molecule has 0 spiro atoms. The van der Waals surface area contributed by atoms with Crippen LogP contribution in [0.2, 0.25) is 0 Å². The van der Waals surface area contributed by atoms with Gasteiger partial charge in [0.25, 0.3) is 15.9 Å². The van der Waals surface area contributed by atoms with Gasteiger partial charge in [-0.2, -0.15) is 0 Å². The second kappa shape index (κ2) is 5.27. The van der Waals surface area contributed by atoms with Crippen LogP contribution in [0.1, 0.15) is 36.9 Å². The molecular formula is C14H14F2N2O2S2. The number of alkyl halides is 2. The molecular weight excluding hydrogens is 330 g/mol. The standard InChI is InChI=1S/C14H14F2N2O2S2/c1-14(15,16)10-4-6-11(7-5-10)22(19,20)18-13-17-12(8-21-13)9-2-3-9/h4-9H,2-3H2,1H3,(H,17,18). The number of halogens is 2. The Bertz CT molecular complexity index is 776. The molecule has 1 aliphatic rings. The molecule has 118 valence electrons. The molecule has 22 heavy (non-hydrogen) atoms. The molecule has 0 bridgehead atoms.